The molecule has 0 spiro atoms. The number of ketones is 1. The summed E-state index contributed by atoms with van der Waals surface area (Å²) in [6.45, 7) is 0. The molecule has 1 aromatic carbocycles. The highest BCUT2D eigenvalue weighted by molar-refractivity contribution is 7.08. The number of carbonyl (C=O) groups excluding carboxylic acids is 1. The van der Waals surface area contributed by atoms with Crippen molar-refractivity contribution in [3.05, 3.63) is 80.7 Å². The van der Waals surface area contributed by atoms with Crippen LogP contribution in [0.4, 0.5) is 17.2 Å². The Morgan fingerprint density at radius 2 is 2.00 bits per heavy atom. The number of nitro groups is 1. The molecule has 0 saturated heterocycles. The van der Waals surface area contributed by atoms with E-state index >= 15 is 0 Å². The lowest BCUT2D eigenvalue weighted by atomic mass is 10.0. The fourth-order valence-corrected chi connectivity index (χ4v) is 2.74. The van der Waals surface area contributed by atoms with Gasteiger partial charge in [-0.3, -0.25) is 14.9 Å². The molecule has 0 atom stereocenters. The zero-order chi connectivity index (χ0) is 16.2. The Morgan fingerprint density at radius 3 is 2.74 bits per heavy atom. The Labute approximate surface area is 135 Å². The summed E-state index contributed by atoms with van der Waals surface area (Å²) in [6.07, 6.45) is 1.46. The number of thiophene rings is 1. The number of aromatic nitrogens is 1. The van der Waals surface area contributed by atoms with Gasteiger partial charge in [0.15, 0.2) is 5.78 Å². The van der Waals surface area contributed by atoms with Crippen molar-refractivity contribution in [3.63, 3.8) is 0 Å². The van der Waals surface area contributed by atoms with E-state index < -0.39 is 4.92 Å². The van der Waals surface area contributed by atoms with Crippen molar-refractivity contribution in [2.45, 2.75) is 0 Å². The van der Waals surface area contributed by atoms with Gasteiger partial charge in [-0.2, -0.15) is 11.3 Å². The van der Waals surface area contributed by atoms with Crippen LogP contribution in [0.5, 0.6) is 0 Å². The number of nitrogens with zero attached hydrogens (tertiary/aromatic N) is 2. The molecule has 6 nitrogen and oxygen atoms in total. The van der Waals surface area contributed by atoms with E-state index in [0.29, 0.717) is 16.8 Å². The van der Waals surface area contributed by atoms with E-state index in [1.54, 1.807) is 35.7 Å². The number of nitrogens with one attached hydrogen (secondary N) is 1. The second-order valence-corrected chi connectivity index (χ2v) is 5.42. The van der Waals surface area contributed by atoms with Crippen molar-refractivity contribution in [1.29, 1.82) is 0 Å². The maximum Gasteiger partial charge on any atom is 0.311 e. The van der Waals surface area contributed by atoms with Gasteiger partial charge in [0, 0.05) is 28.8 Å². The Hall–Kier alpha value is -3.06. The number of hydrogen-bond acceptors (Lipinski definition) is 6. The molecule has 0 aliphatic rings. The molecule has 0 aliphatic heterocycles. The van der Waals surface area contributed by atoms with Crippen LogP contribution in [0.1, 0.15) is 15.9 Å². The van der Waals surface area contributed by atoms with E-state index in [4.69, 9.17) is 0 Å². The van der Waals surface area contributed by atoms with Crippen molar-refractivity contribution in [1.82, 2.24) is 4.98 Å². The average molecular weight is 325 g/mol. The highest BCUT2D eigenvalue weighted by Gasteiger charge is 2.18. The third kappa shape index (κ3) is 3.09. The topological polar surface area (TPSA) is 85.1 Å². The molecule has 0 saturated carbocycles. The summed E-state index contributed by atoms with van der Waals surface area (Å²) < 4.78 is 0. The maximum atomic E-state index is 12.5. The lowest BCUT2D eigenvalue weighted by molar-refractivity contribution is -0.384. The summed E-state index contributed by atoms with van der Waals surface area (Å²) in [5, 5.41) is 17.6. The van der Waals surface area contributed by atoms with Gasteiger partial charge in [-0.1, -0.05) is 12.1 Å². The fraction of sp³-hybridized carbons (Fsp3) is 0. The molecule has 0 radical (unpaired) electrons. The zero-order valence-corrected chi connectivity index (χ0v) is 12.6. The third-order valence-electron chi connectivity index (χ3n) is 3.19. The van der Waals surface area contributed by atoms with Gasteiger partial charge in [-0.05, 0) is 29.6 Å². The minimum absolute atomic E-state index is 0.100. The minimum Gasteiger partial charge on any atom is -0.334 e. The number of hydrogen-bond donors (Lipinski definition) is 1. The van der Waals surface area contributed by atoms with Gasteiger partial charge < -0.3 is 5.32 Å². The number of carbonyl (C=O) groups is 1. The van der Waals surface area contributed by atoms with Crippen molar-refractivity contribution in [2.75, 3.05) is 5.32 Å². The average Bonchev–Trinajstić information content (AvgIpc) is 3.09. The third-order valence-corrected chi connectivity index (χ3v) is 3.87. The van der Waals surface area contributed by atoms with Crippen LogP contribution in [0, 0.1) is 10.1 Å². The summed E-state index contributed by atoms with van der Waals surface area (Å²) in [4.78, 5) is 27.1. The maximum absolute atomic E-state index is 12.5. The molecule has 114 valence electrons. The molecule has 3 rings (SSSR count). The molecule has 2 heterocycles. The standard InChI is InChI=1S/C16H11N3O3S/c20-15(11-7-9-23-10-11)12-4-1-2-5-13(12)18-16-14(19(21)22)6-3-8-17-16/h1-10H,(H,17,18). The summed E-state index contributed by atoms with van der Waals surface area (Å²) in [7, 11) is 0. The Bertz CT molecular complexity index is 863. The van der Waals surface area contributed by atoms with Crippen LogP contribution in [0.25, 0.3) is 0 Å². The largest absolute Gasteiger partial charge is 0.334 e. The molecule has 0 aliphatic carbocycles. The van der Waals surface area contributed by atoms with Gasteiger partial charge in [-0.15, -0.1) is 0 Å². The van der Waals surface area contributed by atoms with Gasteiger partial charge in [0.2, 0.25) is 5.82 Å². The lowest BCUT2D eigenvalue weighted by Crippen LogP contribution is -2.06. The predicted octanol–water partition coefficient (Wildman–Crippen LogP) is 4.03. The lowest BCUT2D eigenvalue weighted by Gasteiger charge is -2.10. The first-order chi connectivity index (χ1) is 11.2. The van der Waals surface area contributed by atoms with E-state index in [2.05, 4.69) is 10.3 Å². The number of benzene rings is 1. The molecule has 3 aromatic rings. The van der Waals surface area contributed by atoms with Gasteiger partial charge in [-0.25, -0.2) is 4.98 Å². The van der Waals surface area contributed by atoms with Crippen molar-refractivity contribution >= 4 is 34.3 Å². The SMILES string of the molecule is O=C(c1ccsc1)c1ccccc1Nc1ncccc1[N+](=O)[O-]. The molecule has 23 heavy (non-hydrogen) atoms. The highest BCUT2D eigenvalue weighted by atomic mass is 32.1. The summed E-state index contributed by atoms with van der Waals surface area (Å²) in [5.41, 5.74) is 1.35. The molecular weight excluding hydrogens is 314 g/mol. The minimum atomic E-state index is -0.515. The van der Waals surface area contributed by atoms with Crippen LogP contribution in [0.15, 0.2) is 59.4 Å². The van der Waals surface area contributed by atoms with Crippen molar-refractivity contribution in [2.24, 2.45) is 0 Å². The zero-order valence-electron chi connectivity index (χ0n) is 11.8. The second-order valence-electron chi connectivity index (χ2n) is 4.64. The first-order valence-corrected chi connectivity index (χ1v) is 7.63. The number of pyridine rings is 1. The normalized spacial score (nSPS) is 10.3. The van der Waals surface area contributed by atoms with E-state index in [-0.39, 0.29) is 17.3 Å². The Kier molecular flexibility index (Phi) is 4.11. The second kappa shape index (κ2) is 6.37. The van der Waals surface area contributed by atoms with E-state index in [1.807, 2.05) is 5.38 Å². The van der Waals surface area contributed by atoms with E-state index in [0.717, 1.165) is 0 Å². The summed E-state index contributed by atoms with van der Waals surface area (Å²) in [6, 6.07) is 11.5. The smallest absolute Gasteiger partial charge is 0.311 e. The predicted molar refractivity (Wildman–Crippen MR) is 88.4 cm³/mol. The van der Waals surface area contributed by atoms with Gasteiger partial charge in [0.25, 0.3) is 0 Å². The molecule has 0 bridgehead atoms. The van der Waals surface area contributed by atoms with Crippen LogP contribution in [0.3, 0.4) is 0 Å². The first-order valence-electron chi connectivity index (χ1n) is 6.69. The Balaban J connectivity index is 1.99. The van der Waals surface area contributed by atoms with Crippen LogP contribution >= 0.6 is 11.3 Å². The van der Waals surface area contributed by atoms with Crippen LogP contribution in [-0.4, -0.2) is 15.7 Å². The van der Waals surface area contributed by atoms with Gasteiger partial charge >= 0.3 is 5.69 Å². The van der Waals surface area contributed by atoms with Crippen LogP contribution < -0.4 is 5.32 Å². The molecular formula is C16H11N3O3S. The van der Waals surface area contributed by atoms with Crippen LogP contribution in [0.2, 0.25) is 0 Å². The molecule has 1 N–H and O–H groups in total. The van der Waals surface area contributed by atoms with Crippen molar-refractivity contribution in [3.8, 4) is 0 Å². The number of rotatable bonds is 5. The monoisotopic (exact) mass is 325 g/mol. The number of para-hydroxylation sites is 1. The van der Waals surface area contributed by atoms with E-state index in [1.165, 1.54) is 29.7 Å². The van der Waals surface area contributed by atoms with Crippen molar-refractivity contribution < 1.29 is 9.72 Å². The van der Waals surface area contributed by atoms with Gasteiger partial charge in [0.1, 0.15) is 0 Å². The highest BCUT2D eigenvalue weighted by Crippen LogP contribution is 2.28. The van der Waals surface area contributed by atoms with Gasteiger partial charge in [0.05, 0.1) is 10.6 Å². The molecule has 0 fully saturated rings. The molecule has 2 aromatic heterocycles. The first kappa shape index (κ1) is 14.9. The Morgan fingerprint density at radius 1 is 1.17 bits per heavy atom. The van der Waals surface area contributed by atoms with Crippen LogP contribution in [-0.2, 0) is 0 Å². The van der Waals surface area contributed by atoms with E-state index in [9.17, 15) is 14.9 Å². The fourth-order valence-electron chi connectivity index (χ4n) is 2.11. The summed E-state index contributed by atoms with van der Waals surface area (Å²) in [5.74, 6) is -0.0454. The molecule has 0 unspecified atom stereocenters. The number of anilines is 2. The molecule has 0 amide bonds. The summed E-state index contributed by atoms with van der Waals surface area (Å²) >= 11 is 1.44. The molecule has 7 heteroatoms. The quantitative estimate of drug-likeness (QED) is 0.435.